The molecule has 1 rings (SSSR count). The van der Waals surface area contributed by atoms with Gasteiger partial charge in [0.15, 0.2) is 0 Å². The minimum Gasteiger partial charge on any atom is -0.372 e. The van der Waals surface area contributed by atoms with Crippen LogP contribution in [-0.2, 0) is 22.3 Å². The zero-order chi connectivity index (χ0) is 18.4. The molecule has 0 radical (unpaired) electrons. The van der Waals surface area contributed by atoms with Gasteiger partial charge in [0.05, 0.1) is 0 Å². The van der Waals surface area contributed by atoms with Gasteiger partial charge < -0.3 is 14.6 Å². The Morgan fingerprint density at radius 2 is 1.88 bits per heavy atom. The lowest BCUT2D eigenvalue weighted by atomic mass is 10.2. The molecule has 0 fully saturated rings. The minimum absolute atomic E-state index is 0.0373. The highest BCUT2D eigenvalue weighted by Crippen LogP contribution is 2.25. The van der Waals surface area contributed by atoms with E-state index in [1.807, 2.05) is 0 Å². The lowest BCUT2D eigenvalue weighted by molar-refractivity contribution is -0.174. The van der Waals surface area contributed by atoms with Crippen LogP contribution in [0.15, 0.2) is 23.1 Å². The SMILES string of the molecule is O=C(Cn1cccc(C(F)(F)F)c1=O)NCCCOCC(F)(F)F. The van der Waals surface area contributed by atoms with Crippen LogP contribution in [0.1, 0.15) is 12.0 Å². The van der Waals surface area contributed by atoms with E-state index in [0.29, 0.717) is 10.6 Å². The maximum atomic E-state index is 12.6. The lowest BCUT2D eigenvalue weighted by Gasteiger charge is -2.11. The Bertz CT molecular complexity index is 609. The van der Waals surface area contributed by atoms with Crippen molar-refractivity contribution in [2.75, 3.05) is 19.8 Å². The van der Waals surface area contributed by atoms with Crippen molar-refractivity contribution in [1.82, 2.24) is 9.88 Å². The van der Waals surface area contributed by atoms with Crippen molar-refractivity contribution >= 4 is 5.91 Å². The average molecular weight is 360 g/mol. The van der Waals surface area contributed by atoms with Crippen LogP contribution >= 0.6 is 0 Å². The van der Waals surface area contributed by atoms with Crippen LogP contribution in [0.25, 0.3) is 0 Å². The predicted octanol–water partition coefficient (Wildman–Crippen LogP) is 1.95. The van der Waals surface area contributed by atoms with Crippen LogP contribution in [0.5, 0.6) is 0 Å². The first kappa shape index (κ1) is 20.0. The van der Waals surface area contributed by atoms with Crippen molar-refractivity contribution in [3.63, 3.8) is 0 Å². The van der Waals surface area contributed by atoms with Gasteiger partial charge in [-0.15, -0.1) is 0 Å². The molecule has 0 aromatic carbocycles. The molecule has 136 valence electrons. The molecule has 1 aromatic heterocycles. The molecule has 11 heteroatoms. The fourth-order valence-corrected chi connectivity index (χ4v) is 1.68. The smallest absolute Gasteiger partial charge is 0.372 e. The number of rotatable bonds is 7. The Hall–Kier alpha value is -2.04. The van der Waals surface area contributed by atoms with Crippen LogP contribution in [0.2, 0.25) is 0 Å². The van der Waals surface area contributed by atoms with Crippen molar-refractivity contribution in [2.24, 2.45) is 0 Å². The van der Waals surface area contributed by atoms with Crippen molar-refractivity contribution in [3.8, 4) is 0 Å². The Labute approximate surface area is 132 Å². The molecule has 0 aliphatic rings. The standard InChI is InChI=1S/C13H14F6N2O3/c14-12(15,16)8-24-6-2-4-20-10(22)7-21-5-1-3-9(11(21)23)13(17,18)19/h1,3,5H,2,4,6-8H2,(H,20,22). The van der Waals surface area contributed by atoms with Gasteiger partial charge in [0, 0.05) is 19.3 Å². The van der Waals surface area contributed by atoms with E-state index in [9.17, 15) is 35.9 Å². The number of halogens is 6. The Morgan fingerprint density at radius 1 is 1.21 bits per heavy atom. The Morgan fingerprint density at radius 3 is 2.46 bits per heavy atom. The highest BCUT2D eigenvalue weighted by Gasteiger charge is 2.34. The average Bonchev–Trinajstić information content (AvgIpc) is 2.42. The first-order valence-corrected chi connectivity index (χ1v) is 6.68. The maximum Gasteiger partial charge on any atom is 0.421 e. The minimum atomic E-state index is -4.83. The topological polar surface area (TPSA) is 60.3 Å². The summed E-state index contributed by atoms with van der Waals surface area (Å²) < 4.78 is 77.9. The summed E-state index contributed by atoms with van der Waals surface area (Å²) in [6.45, 7) is -2.32. The summed E-state index contributed by atoms with van der Waals surface area (Å²) in [5, 5.41) is 2.27. The van der Waals surface area contributed by atoms with Gasteiger partial charge in [0.25, 0.3) is 5.56 Å². The van der Waals surface area contributed by atoms with E-state index in [1.165, 1.54) is 0 Å². The molecule has 1 amide bonds. The molecule has 0 aliphatic carbocycles. The van der Waals surface area contributed by atoms with Crippen LogP contribution in [-0.4, -0.2) is 36.4 Å². The molecule has 0 spiro atoms. The van der Waals surface area contributed by atoms with Gasteiger partial charge in [0.1, 0.15) is 18.7 Å². The summed E-state index contributed by atoms with van der Waals surface area (Å²) >= 11 is 0. The predicted molar refractivity (Wildman–Crippen MR) is 70.2 cm³/mol. The molecule has 1 N–H and O–H groups in total. The Balaban J connectivity index is 2.43. The molecule has 0 bridgehead atoms. The number of ether oxygens (including phenoxy) is 1. The number of aromatic nitrogens is 1. The van der Waals surface area contributed by atoms with E-state index >= 15 is 0 Å². The Kier molecular flexibility index (Phi) is 6.81. The number of nitrogens with one attached hydrogen (secondary N) is 1. The van der Waals surface area contributed by atoms with E-state index < -0.39 is 42.5 Å². The van der Waals surface area contributed by atoms with Gasteiger partial charge in [-0.25, -0.2) is 0 Å². The van der Waals surface area contributed by atoms with E-state index in [0.717, 1.165) is 12.3 Å². The zero-order valence-electron chi connectivity index (χ0n) is 12.2. The molecular formula is C13H14F6N2O3. The largest absolute Gasteiger partial charge is 0.421 e. The first-order valence-electron chi connectivity index (χ1n) is 6.68. The van der Waals surface area contributed by atoms with Crippen molar-refractivity contribution in [1.29, 1.82) is 0 Å². The molecule has 0 unspecified atom stereocenters. The molecule has 0 saturated heterocycles. The fourth-order valence-electron chi connectivity index (χ4n) is 1.68. The second kappa shape index (κ2) is 8.18. The second-order valence-electron chi connectivity index (χ2n) is 4.72. The normalized spacial score (nSPS) is 12.2. The van der Waals surface area contributed by atoms with Crippen LogP contribution in [0, 0.1) is 0 Å². The number of nitrogens with zero attached hydrogens (tertiary/aromatic N) is 1. The molecule has 1 heterocycles. The molecule has 0 atom stereocenters. The number of pyridine rings is 1. The summed E-state index contributed by atoms with van der Waals surface area (Å²) in [5.41, 5.74) is -2.74. The lowest BCUT2D eigenvalue weighted by Crippen LogP contribution is -2.35. The van der Waals surface area contributed by atoms with E-state index in [4.69, 9.17) is 0 Å². The van der Waals surface area contributed by atoms with Gasteiger partial charge >= 0.3 is 12.4 Å². The number of carbonyl (C=O) groups is 1. The van der Waals surface area contributed by atoms with Gasteiger partial charge in [-0.3, -0.25) is 9.59 Å². The van der Waals surface area contributed by atoms with Gasteiger partial charge in [-0.05, 0) is 18.6 Å². The van der Waals surface area contributed by atoms with Gasteiger partial charge in [-0.2, -0.15) is 26.3 Å². The number of hydrogen-bond acceptors (Lipinski definition) is 3. The van der Waals surface area contributed by atoms with Crippen LogP contribution in [0.3, 0.4) is 0 Å². The van der Waals surface area contributed by atoms with E-state index in [-0.39, 0.29) is 19.6 Å². The fraction of sp³-hybridized carbons (Fsp3) is 0.538. The quantitative estimate of drug-likeness (QED) is 0.597. The van der Waals surface area contributed by atoms with Crippen LogP contribution < -0.4 is 10.9 Å². The monoisotopic (exact) mass is 360 g/mol. The molecule has 0 aliphatic heterocycles. The summed E-state index contributed by atoms with van der Waals surface area (Å²) in [6, 6.07) is 1.59. The summed E-state index contributed by atoms with van der Waals surface area (Å²) in [4.78, 5) is 23.1. The molecule has 24 heavy (non-hydrogen) atoms. The summed E-state index contributed by atoms with van der Waals surface area (Å²) in [6.07, 6.45) is -8.15. The van der Waals surface area contributed by atoms with Crippen molar-refractivity contribution in [2.45, 2.75) is 25.3 Å². The number of alkyl halides is 6. The van der Waals surface area contributed by atoms with Crippen molar-refractivity contribution < 1.29 is 35.9 Å². The molecular weight excluding hydrogens is 346 g/mol. The first-order chi connectivity index (χ1) is 11.0. The highest BCUT2D eigenvalue weighted by atomic mass is 19.4. The number of hydrogen-bond donors (Lipinski definition) is 1. The van der Waals surface area contributed by atoms with Crippen molar-refractivity contribution in [3.05, 3.63) is 34.2 Å². The van der Waals surface area contributed by atoms with Gasteiger partial charge in [0.2, 0.25) is 5.91 Å². The number of carbonyl (C=O) groups excluding carboxylic acids is 1. The third-order valence-corrected chi connectivity index (χ3v) is 2.69. The van der Waals surface area contributed by atoms with Crippen LogP contribution in [0.4, 0.5) is 26.3 Å². The molecule has 0 saturated carbocycles. The summed E-state index contributed by atoms with van der Waals surface area (Å²) in [7, 11) is 0. The third-order valence-electron chi connectivity index (χ3n) is 2.69. The van der Waals surface area contributed by atoms with E-state index in [1.54, 1.807) is 0 Å². The second-order valence-corrected chi connectivity index (χ2v) is 4.72. The summed E-state index contributed by atoms with van der Waals surface area (Å²) in [5.74, 6) is -0.743. The number of amides is 1. The molecule has 5 nitrogen and oxygen atoms in total. The zero-order valence-corrected chi connectivity index (χ0v) is 12.2. The maximum absolute atomic E-state index is 12.6. The molecule has 1 aromatic rings. The third kappa shape index (κ3) is 7.02. The van der Waals surface area contributed by atoms with E-state index in [2.05, 4.69) is 10.1 Å². The van der Waals surface area contributed by atoms with Gasteiger partial charge in [-0.1, -0.05) is 0 Å². The highest BCUT2D eigenvalue weighted by molar-refractivity contribution is 5.75.